The zero-order chi connectivity index (χ0) is 13.5. The Morgan fingerprint density at radius 2 is 1.94 bits per heavy atom. The van der Waals surface area contributed by atoms with Crippen molar-refractivity contribution in [3.8, 4) is 0 Å². The Morgan fingerprint density at radius 1 is 1.33 bits per heavy atom. The summed E-state index contributed by atoms with van der Waals surface area (Å²) in [5.74, 6) is 0.926. The zero-order valence-corrected chi connectivity index (χ0v) is 12.2. The van der Waals surface area contributed by atoms with Crippen molar-refractivity contribution in [1.82, 2.24) is 10.2 Å². The van der Waals surface area contributed by atoms with Gasteiger partial charge in [-0.1, -0.05) is 20.8 Å². The van der Waals surface area contributed by atoms with Crippen LogP contribution in [0.5, 0.6) is 0 Å². The molecule has 0 aromatic carbocycles. The monoisotopic (exact) mass is 256 g/mol. The van der Waals surface area contributed by atoms with Crippen LogP contribution in [-0.2, 0) is 9.53 Å². The molecule has 106 valence electrons. The molecule has 1 saturated heterocycles. The van der Waals surface area contributed by atoms with Crippen molar-refractivity contribution in [2.45, 2.75) is 39.7 Å². The minimum atomic E-state index is 0.0723. The number of likely N-dealkylation sites (tertiary alicyclic amines) is 1. The molecule has 1 unspecified atom stereocenters. The van der Waals surface area contributed by atoms with Gasteiger partial charge in [-0.05, 0) is 25.8 Å². The highest BCUT2D eigenvalue weighted by atomic mass is 16.5. The molecule has 0 aromatic heterocycles. The largest absolute Gasteiger partial charge is 0.378 e. The first kappa shape index (κ1) is 15.4. The van der Waals surface area contributed by atoms with Crippen LogP contribution in [0, 0.1) is 11.8 Å². The second-order valence-electron chi connectivity index (χ2n) is 5.71. The number of ether oxygens (including phenoxy) is 1. The Bertz CT molecular complexity index is 248. The van der Waals surface area contributed by atoms with E-state index in [2.05, 4.69) is 19.2 Å². The van der Waals surface area contributed by atoms with Gasteiger partial charge in [0.15, 0.2) is 0 Å². The molecule has 1 N–H and O–H groups in total. The van der Waals surface area contributed by atoms with Crippen molar-refractivity contribution < 1.29 is 9.53 Å². The lowest BCUT2D eigenvalue weighted by molar-refractivity contribution is -0.137. The third-order valence-electron chi connectivity index (χ3n) is 3.35. The smallest absolute Gasteiger partial charge is 0.226 e. The highest BCUT2D eigenvalue weighted by Gasteiger charge is 2.25. The van der Waals surface area contributed by atoms with Crippen molar-refractivity contribution in [2.75, 3.05) is 33.3 Å². The minimum Gasteiger partial charge on any atom is -0.378 e. The number of nitrogens with zero attached hydrogens (tertiary/aromatic N) is 1. The van der Waals surface area contributed by atoms with Crippen LogP contribution in [0.4, 0.5) is 0 Å². The molecule has 1 atom stereocenters. The van der Waals surface area contributed by atoms with Gasteiger partial charge in [-0.15, -0.1) is 0 Å². The van der Waals surface area contributed by atoms with Crippen LogP contribution in [-0.4, -0.2) is 50.2 Å². The van der Waals surface area contributed by atoms with E-state index in [1.165, 1.54) is 0 Å². The van der Waals surface area contributed by atoms with E-state index in [0.717, 1.165) is 39.1 Å². The third kappa shape index (κ3) is 4.94. The van der Waals surface area contributed by atoms with Crippen molar-refractivity contribution in [1.29, 1.82) is 0 Å². The molecular formula is C14H28N2O2. The van der Waals surface area contributed by atoms with E-state index in [-0.39, 0.29) is 11.8 Å². The maximum absolute atomic E-state index is 12.1. The first-order chi connectivity index (χ1) is 8.54. The van der Waals surface area contributed by atoms with E-state index in [9.17, 15) is 4.79 Å². The highest BCUT2D eigenvalue weighted by Crippen LogP contribution is 2.16. The van der Waals surface area contributed by atoms with Crippen LogP contribution in [0.1, 0.15) is 33.6 Å². The molecule has 1 fully saturated rings. The van der Waals surface area contributed by atoms with Crippen molar-refractivity contribution in [3.05, 3.63) is 0 Å². The summed E-state index contributed by atoms with van der Waals surface area (Å²) < 4.78 is 5.83. The Kier molecular flexibility index (Phi) is 6.65. The van der Waals surface area contributed by atoms with Crippen LogP contribution >= 0.6 is 0 Å². The summed E-state index contributed by atoms with van der Waals surface area (Å²) in [6.07, 6.45) is 2.30. The molecule has 0 spiro atoms. The number of piperidine rings is 1. The van der Waals surface area contributed by atoms with Crippen molar-refractivity contribution in [2.24, 2.45) is 11.8 Å². The number of amides is 1. The van der Waals surface area contributed by atoms with Gasteiger partial charge in [0.25, 0.3) is 0 Å². The number of hydrogen-bond donors (Lipinski definition) is 1. The maximum atomic E-state index is 12.1. The molecule has 1 amide bonds. The SMILES string of the molecule is CNCC(C)C(=O)N1CCC(OCC(C)C)CC1. The molecule has 1 aliphatic heterocycles. The van der Waals surface area contributed by atoms with Gasteiger partial charge in [-0.3, -0.25) is 4.79 Å². The van der Waals surface area contributed by atoms with Gasteiger partial charge in [-0.2, -0.15) is 0 Å². The van der Waals surface area contributed by atoms with Crippen LogP contribution in [0.3, 0.4) is 0 Å². The fraction of sp³-hybridized carbons (Fsp3) is 0.929. The average Bonchev–Trinajstić information content (AvgIpc) is 2.36. The number of carbonyl (C=O) groups is 1. The van der Waals surface area contributed by atoms with Gasteiger partial charge >= 0.3 is 0 Å². The van der Waals surface area contributed by atoms with Gasteiger partial charge in [-0.25, -0.2) is 0 Å². The van der Waals surface area contributed by atoms with Crippen LogP contribution in [0.2, 0.25) is 0 Å². The topological polar surface area (TPSA) is 41.6 Å². The zero-order valence-electron chi connectivity index (χ0n) is 12.2. The van der Waals surface area contributed by atoms with Gasteiger partial charge in [0, 0.05) is 32.2 Å². The second-order valence-corrected chi connectivity index (χ2v) is 5.71. The number of nitrogens with one attached hydrogen (secondary N) is 1. The van der Waals surface area contributed by atoms with Crippen LogP contribution in [0.25, 0.3) is 0 Å². The van der Waals surface area contributed by atoms with E-state index >= 15 is 0 Å². The fourth-order valence-corrected chi connectivity index (χ4v) is 2.28. The molecule has 0 saturated carbocycles. The summed E-state index contributed by atoms with van der Waals surface area (Å²) in [7, 11) is 1.88. The maximum Gasteiger partial charge on any atom is 0.226 e. The Morgan fingerprint density at radius 3 is 2.44 bits per heavy atom. The number of rotatable bonds is 6. The van der Waals surface area contributed by atoms with E-state index < -0.39 is 0 Å². The normalized spacial score (nSPS) is 19.3. The summed E-state index contributed by atoms with van der Waals surface area (Å²) in [6.45, 7) is 9.58. The molecule has 4 heteroatoms. The second kappa shape index (κ2) is 7.74. The highest BCUT2D eigenvalue weighted by molar-refractivity contribution is 5.78. The molecular weight excluding hydrogens is 228 g/mol. The lowest BCUT2D eigenvalue weighted by Gasteiger charge is -2.33. The lowest BCUT2D eigenvalue weighted by Crippen LogP contribution is -2.44. The fourth-order valence-electron chi connectivity index (χ4n) is 2.28. The summed E-state index contributed by atoms with van der Waals surface area (Å²) in [5, 5.41) is 3.06. The predicted octanol–water partition coefficient (Wildman–Crippen LogP) is 1.51. The Balaban J connectivity index is 2.28. The van der Waals surface area contributed by atoms with E-state index in [0.29, 0.717) is 12.0 Å². The Hall–Kier alpha value is -0.610. The van der Waals surface area contributed by atoms with Crippen LogP contribution < -0.4 is 5.32 Å². The Labute approximate surface area is 111 Å². The standard InChI is InChI=1S/C14H28N2O2/c1-11(2)10-18-13-5-7-16(8-6-13)14(17)12(3)9-15-4/h11-13,15H,5-10H2,1-4H3. The van der Waals surface area contributed by atoms with Crippen molar-refractivity contribution >= 4 is 5.91 Å². The molecule has 4 nitrogen and oxygen atoms in total. The first-order valence-electron chi connectivity index (χ1n) is 7.09. The van der Waals surface area contributed by atoms with Gasteiger partial charge in [0.2, 0.25) is 5.91 Å². The predicted molar refractivity (Wildman–Crippen MR) is 73.5 cm³/mol. The molecule has 18 heavy (non-hydrogen) atoms. The quantitative estimate of drug-likeness (QED) is 0.783. The molecule has 1 heterocycles. The molecule has 0 bridgehead atoms. The minimum absolute atomic E-state index is 0.0723. The molecule has 1 rings (SSSR count). The molecule has 0 radical (unpaired) electrons. The summed E-state index contributed by atoms with van der Waals surface area (Å²) >= 11 is 0. The van der Waals surface area contributed by atoms with Crippen molar-refractivity contribution in [3.63, 3.8) is 0 Å². The third-order valence-corrected chi connectivity index (χ3v) is 3.35. The number of carbonyl (C=O) groups excluding carboxylic acids is 1. The van der Waals surface area contributed by atoms with E-state index in [1.54, 1.807) is 0 Å². The summed E-state index contributed by atoms with van der Waals surface area (Å²) in [6, 6.07) is 0. The summed E-state index contributed by atoms with van der Waals surface area (Å²) in [5.41, 5.74) is 0. The van der Waals surface area contributed by atoms with Crippen LogP contribution in [0.15, 0.2) is 0 Å². The molecule has 0 aliphatic carbocycles. The molecule has 0 aromatic rings. The number of hydrogen-bond acceptors (Lipinski definition) is 3. The lowest BCUT2D eigenvalue weighted by atomic mass is 10.0. The van der Waals surface area contributed by atoms with Gasteiger partial charge < -0.3 is 15.0 Å². The average molecular weight is 256 g/mol. The summed E-state index contributed by atoms with van der Waals surface area (Å²) in [4.78, 5) is 14.1. The molecule has 1 aliphatic rings. The van der Waals surface area contributed by atoms with Gasteiger partial charge in [0.1, 0.15) is 0 Å². The van der Waals surface area contributed by atoms with Gasteiger partial charge in [0.05, 0.1) is 6.10 Å². The van der Waals surface area contributed by atoms with E-state index in [4.69, 9.17) is 4.74 Å². The van der Waals surface area contributed by atoms with E-state index in [1.807, 2.05) is 18.9 Å². The first-order valence-corrected chi connectivity index (χ1v) is 7.09.